The molecule has 150 valence electrons. The zero-order chi connectivity index (χ0) is 19.8. The van der Waals surface area contributed by atoms with Gasteiger partial charge in [0, 0.05) is 23.6 Å². The molecule has 4 N–H and O–H groups in total. The second-order valence-corrected chi connectivity index (χ2v) is 7.81. The molecule has 1 fully saturated rings. The van der Waals surface area contributed by atoms with E-state index in [1.54, 1.807) is 6.26 Å². The summed E-state index contributed by atoms with van der Waals surface area (Å²) in [6.45, 7) is 2.48. The molecule has 1 aromatic heterocycles. The quantitative estimate of drug-likeness (QED) is 0.559. The molecule has 2 aromatic rings. The minimum absolute atomic E-state index is 0.0310. The van der Waals surface area contributed by atoms with E-state index < -0.39 is 0 Å². The molecule has 0 radical (unpaired) electrons. The Morgan fingerprint density at radius 2 is 1.96 bits per heavy atom. The Morgan fingerprint density at radius 3 is 2.68 bits per heavy atom. The summed E-state index contributed by atoms with van der Waals surface area (Å²) in [5.41, 5.74) is 5.90. The second-order valence-electron chi connectivity index (χ2n) is 6.67. The predicted molar refractivity (Wildman–Crippen MR) is 110 cm³/mol. The van der Waals surface area contributed by atoms with Crippen LogP contribution in [0.5, 0.6) is 0 Å². The minimum Gasteiger partial charge on any atom is -0.468 e. The number of hydrogen-bond donors (Lipinski definition) is 3. The summed E-state index contributed by atoms with van der Waals surface area (Å²) in [6, 6.07) is 11.1. The second kappa shape index (κ2) is 10.2. The Bertz CT molecular complexity index is 776. The van der Waals surface area contributed by atoms with Crippen molar-refractivity contribution in [3.05, 3.63) is 48.4 Å². The number of rotatable bonds is 9. The smallest absolute Gasteiger partial charge is 0.319 e. The maximum Gasteiger partial charge on any atom is 0.319 e. The SMILES string of the molecule is NC(=O)CCSc1ccccc1NC(=O)NCC(c1ccco1)N1CCCC1. The summed E-state index contributed by atoms with van der Waals surface area (Å²) in [6.07, 6.45) is 4.29. The average molecular weight is 403 g/mol. The molecule has 0 aliphatic carbocycles. The molecular formula is C20H26N4O3S. The average Bonchev–Trinajstić information content (AvgIpc) is 3.37. The van der Waals surface area contributed by atoms with Crippen LogP contribution in [0.1, 0.15) is 31.1 Å². The van der Waals surface area contributed by atoms with Crippen molar-refractivity contribution in [2.75, 3.05) is 30.7 Å². The van der Waals surface area contributed by atoms with Crippen molar-refractivity contribution in [1.82, 2.24) is 10.2 Å². The van der Waals surface area contributed by atoms with Gasteiger partial charge in [-0.3, -0.25) is 9.69 Å². The lowest BCUT2D eigenvalue weighted by Gasteiger charge is -2.26. The third-order valence-electron chi connectivity index (χ3n) is 4.65. The number of amides is 3. The van der Waals surface area contributed by atoms with Gasteiger partial charge in [0.05, 0.1) is 18.0 Å². The summed E-state index contributed by atoms with van der Waals surface area (Å²) < 4.78 is 5.59. The van der Waals surface area contributed by atoms with Gasteiger partial charge < -0.3 is 20.8 Å². The van der Waals surface area contributed by atoms with Crippen molar-refractivity contribution in [2.24, 2.45) is 5.73 Å². The lowest BCUT2D eigenvalue weighted by Crippen LogP contribution is -2.38. The van der Waals surface area contributed by atoms with Gasteiger partial charge in [0.1, 0.15) is 5.76 Å². The number of furan rings is 1. The number of nitrogens with two attached hydrogens (primary N) is 1. The number of hydrogen-bond acceptors (Lipinski definition) is 5. The first kappa shape index (κ1) is 20.3. The molecule has 1 aliphatic rings. The van der Waals surface area contributed by atoms with E-state index in [1.165, 1.54) is 24.6 Å². The van der Waals surface area contributed by atoms with Gasteiger partial charge >= 0.3 is 6.03 Å². The van der Waals surface area contributed by atoms with E-state index in [9.17, 15) is 9.59 Å². The first-order valence-electron chi connectivity index (χ1n) is 9.46. The lowest BCUT2D eigenvalue weighted by molar-refractivity contribution is -0.117. The molecule has 1 saturated heterocycles. The summed E-state index contributed by atoms with van der Waals surface area (Å²) in [5.74, 6) is 1.11. The molecular weight excluding hydrogens is 376 g/mol. The number of likely N-dealkylation sites (tertiary alicyclic amines) is 1. The summed E-state index contributed by atoms with van der Waals surface area (Å²) >= 11 is 1.49. The number of nitrogens with one attached hydrogen (secondary N) is 2. The van der Waals surface area contributed by atoms with E-state index in [0.717, 1.165) is 23.7 Å². The van der Waals surface area contributed by atoms with E-state index in [0.29, 0.717) is 24.4 Å². The number of carbonyl (C=O) groups excluding carboxylic acids is 2. The Hall–Kier alpha value is -2.45. The maximum atomic E-state index is 12.5. The highest BCUT2D eigenvalue weighted by Gasteiger charge is 2.26. The van der Waals surface area contributed by atoms with Crippen molar-refractivity contribution in [1.29, 1.82) is 0 Å². The number of primary amides is 1. The van der Waals surface area contributed by atoms with Gasteiger partial charge in [-0.15, -0.1) is 11.8 Å². The fourth-order valence-electron chi connectivity index (χ4n) is 3.26. The third-order valence-corrected chi connectivity index (χ3v) is 5.73. The van der Waals surface area contributed by atoms with Crippen molar-refractivity contribution in [3.63, 3.8) is 0 Å². The molecule has 0 spiro atoms. The van der Waals surface area contributed by atoms with Gasteiger partial charge in [-0.2, -0.15) is 0 Å². The van der Waals surface area contributed by atoms with Crippen LogP contribution in [-0.4, -0.2) is 42.2 Å². The number of urea groups is 1. The molecule has 3 rings (SSSR count). The number of anilines is 1. The largest absolute Gasteiger partial charge is 0.468 e. The summed E-state index contributed by atoms with van der Waals surface area (Å²) in [5, 5.41) is 5.87. The van der Waals surface area contributed by atoms with Crippen LogP contribution in [0.15, 0.2) is 52.0 Å². The normalized spacial score (nSPS) is 15.3. The topological polar surface area (TPSA) is 101 Å². The highest BCUT2D eigenvalue weighted by molar-refractivity contribution is 7.99. The van der Waals surface area contributed by atoms with Crippen molar-refractivity contribution >= 4 is 29.4 Å². The Morgan fingerprint density at radius 1 is 1.18 bits per heavy atom. The zero-order valence-corrected chi connectivity index (χ0v) is 16.5. The third kappa shape index (κ3) is 5.77. The van der Waals surface area contributed by atoms with Crippen molar-refractivity contribution < 1.29 is 14.0 Å². The summed E-state index contributed by atoms with van der Waals surface area (Å²) in [4.78, 5) is 26.6. The number of benzene rings is 1. The molecule has 1 unspecified atom stereocenters. The zero-order valence-electron chi connectivity index (χ0n) is 15.7. The van der Waals surface area contributed by atoms with Crippen molar-refractivity contribution in [2.45, 2.75) is 30.2 Å². The fourth-order valence-corrected chi connectivity index (χ4v) is 4.23. The van der Waals surface area contributed by atoms with Crippen LogP contribution in [0.2, 0.25) is 0 Å². The minimum atomic E-state index is -0.332. The first-order valence-corrected chi connectivity index (χ1v) is 10.4. The standard InChI is InChI=1S/C20H26N4O3S/c21-19(25)9-13-28-18-8-2-1-6-15(18)23-20(26)22-14-16(17-7-5-12-27-17)24-10-3-4-11-24/h1-2,5-8,12,16H,3-4,9-11,13-14H2,(H2,21,25)(H2,22,23,26). The maximum absolute atomic E-state index is 12.5. The van der Waals surface area contributed by atoms with Crippen LogP contribution >= 0.6 is 11.8 Å². The van der Waals surface area contributed by atoms with Crippen LogP contribution in [0.25, 0.3) is 0 Å². The molecule has 2 heterocycles. The number of nitrogens with zero attached hydrogens (tertiary/aromatic N) is 1. The van der Waals surface area contributed by atoms with Gasteiger partial charge in [-0.05, 0) is 50.2 Å². The number of carbonyl (C=O) groups is 2. The Labute approximate surface area is 169 Å². The van der Waals surface area contributed by atoms with Crippen LogP contribution in [0.3, 0.4) is 0 Å². The van der Waals surface area contributed by atoms with E-state index in [-0.39, 0.29) is 18.0 Å². The van der Waals surface area contributed by atoms with Crippen LogP contribution in [-0.2, 0) is 4.79 Å². The van der Waals surface area contributed by atoms with Gasteiger partial charge in [-0.1, -0.05) is 12.1 Å². The summed E-state index contributed by atoms with van der Waals surface area (Å²) in [7, 11) is 0. The molecule has 1 atom stereocenters. The molecule has 1 aliphatic heterocycles. The van der Waals surface area contributed by atoms with Gasteiger partial charge in [0.15, 0.2) is 0 Å². The fraction of sp³-hybridized carbons (Fsp3) is 0.400. The predicted octanol–water partition coefficient (Wildman–Crippen LogP) is 3.21. The number of para-hydroxylation sites is 1. The van der Waals surface area contributed by atoms with Crippen LogP contribution in [0, 0.1) is 0 Å². The van der Waals surface area contributed by atoms with E-state index in [1.807, 2.05) is 36.4 Å². The highest BCUT2D eigenvalue weighted by atomic mass is 32.2. The highest BCUT2D eigenvalue weighted by Crippen LogP contribution is 2.28. The first-order chi connectivity index (χ1) is 13.6. The van der Waals surface area contributed by atoms with Crippen LogP contribution in [0.4, 0.5) is 10.5 Å². The molecule has 28 heavy (non-hydrogen) atoms. The lowest BCUT2D eigenvalue weighted by atomic mass is 10.2. The van der Waals surface area contributed by atoms with E-state index in [2.05, 4.69) is 15.5 Å². The molecule has 7 nitrogen and oxygen atoms in total. The van der Waals surface area contributed by atoms with Gasteiger partial charge in [-0.25, -0.2) is 4.79 Å². The van der Waals surface area contributed by atoms with E-state index in [4.69, 9.17) is 10.2 Å². The molecule has 8 heteroatoms. The monoisotopic (exact) mass is 402 g/mol. The molecule has 0 bridgehead atoms. The molecule has 0 saturated carbocycles. The van der Waals surface area contributed by atoms with Crippen LogP contribution < -0.4 is 16.4 Å². The van der Waals surface area contributed by atoms with Gasteiger partial charge in [0.25, 0.3) is 0 Å². The molecule has 1 aromatic carbocycles. The van der Waals surface area contributed by atoms with E-state index >= 15 is 0 Å². The Kier molecular flexibility index (Phi) is 7.39. The number of thioether (sulfide) groups is 1. The van der Waals surface area contributed by atoms with Gasteiger partial charge in [0.2, 0.25) is 5.91 Å². The van der Waals surface area contributed by atoms with Crippen molar-refractivity contribution in [3.8, 4) is 0 Å². The molecule has 3 amide bonds. The Balaban J connectivity index is 1.57.